The number of alkyl halides is 3. The average Bonchev–Trinajstić information content (AvgIpc) is 2.28. The number of rotatable bonds is 4. The smallest absolute Gasteiger partial charge is 0.416 e. The number of halogens is 3. The first-order valence-electron chi connectivity index (χ1n) is 6.00. The van der Waals surface area contributed by atoms with Gasteiger partial charge in [0.1, 0.15) is 5.75 Å². The van der Waals surface area contributed by atoms with Crippen LogP contribution in [0.15, 0.2) is 24.3 Å². The summed E-state index contributed by atoms with van der Waals surface area (Å²) in [5, 5.41) is 9.94. The minimum absolute atomic E-state index is 0.129. The minimum atomic E-state index is -4.45. The average molecular weight is 258 g/mol. The van der Waals surface area contributed by atoms with Crippen LogP contribution in [0.5, 0.6) is 5.75 Å². The zero-order valence-electron chi connectivity index (χ0n) is 10.5. The molecule has 0 spiro atoms. The lowest BCUT2D eigenvalue weighted by Crippen LogP contribution is -2.11. The molecule has 0 aliphatic rings. The number of phenols is 1. The highest BCUT2D eigenvalue weighted by Gasteiger charge is 2.35. The summed E-state index contributed by atoms with van der Waals surface area (Å²) in [5.41, 5.74) is -0.336. The van der Waals surface area contributed by atoms with Crippen LogP contribution >= 0.6 is 0 Å². The van der Waals surface area contributed by atoms with Crippen molar-refractivity contribution in [3.05, 3.63) is 35.4 Å². The molecule has 0 amide bonds. The van der Waals surface area contributed by atoms with Gasteiger partial charge >= 0.3 is 6.18 Å². The van der Waals surface area contributed by atoms with E-state index in [0.29, 0.717) is 12.0 Å². The summed E-state index contributed by atoms with van der Waals surface area (Å²) in [4.78, 5) is 0. The van der Waals surface area contributed by atoms with Crippen molar-refractivity contribution in [3.63, 3.8) is 0 Å². The van der Waals surface area contributed by atoms with Gasteiger partial charge in [0.25, 0.3) is 0 Å². The van der Waals surface area contributed by atoms with Gasteiger partial charge in [-0.3, -0.25) is 0 Å². The Hall–Kier alpha value is -1.45. The molecule has 0 aliphatic heterocycles. The van der Waals surface area contributed by atoms with Gasteiger partial charge in [0.05, 0.1) is 5.57 Å². The number of aryl methyl sites for hydroxylation is 1. The summed E-state index contributed by atoms with van der Waals surface area (Å²) in [5.74, 6) is -0.253. The van der Waals surface area contributed by atoms with Gasteiger partial charge in [-0.2, -0.15) is 13.2 Å². The third kappa shape index (κ3) is 3.28. The van der Waals surface area contributed by atoms with Gasteiger partial charge in [-0.05, 0) is 18.4 Å². The summed E-state index contributed by atoms with van der Waals surface area (Å²) in [6.07, 6.45) is -1.73. The Morgan fingerprint density at radius 1 is 1.28 bits per heavy atom. The van der Waals surface area contributed by atoms with Crippen molar-refractivity contribution in [2.45, 2.75) is 39.3 Å². The van der Waals surface area contributed by atoms with Crippen LogP contribution in [-0.4, -0.2) is 11.3 Å². The second-order valence-electron chi connectivity index (χ2n) is 4.09. The van der Waals surface area contributed by atoms with Crippen LogP contribution in [0.1, 0.15) is 37.8 Å². The second kappa shape index (κ2) is 5.94. The van der Waals surface area contributed by atoms with E-state index in [2.05, 4.69) is 0 Å². The molecule has 4 heteroatoms. The number of benzene rings is 1. The van der Waals surface area contributed by atoms with E-state index in [9.17, 15) is 18.3 Å². The molecule has 0 atom stereocenters. The highest BCUT2D eigenvalue weighted by atomic mass is 19.4. The van der Waals surface area contributed by atoms with Gasteiger partial charge < -0.3 is 5.11 Å². The van der Waals surface area contributed by atoms with Crippen molar-refractivity contribution in [3.8, 4) is 5.75 Å². The minimum Gasteiger partial charge on any atom is -0.507 e. The molecule has 0 heterocycles. The lowest BCUT2D eigenvalue weighted by Gasteiger charge is -2.15. The highest BCUT2D eigenvalue weighted by molar-refractivity contribution is 5.74. The molecule has 1 aromatic carbocycles. The third-order valence-electron chi connectivity index (χ3n) is 2.64. The second-order valence-corrected chi connectivity index (χ2v) is 4.09. The predicted molar refractivity (Wildman–Crippen MR) is 66.4 cm³/mol. The van der Waals surface area contributed by atoms with Crippen LogP contribution in [-0.2, 0) is 6.42 Å². The summed E-state index contributed by atoms with van der Waals surface area (Å²) >= 11 is 0. The molecule has 0 fully saturated rings. The standard InChI is InChI=1S/C14H17F3O/c1-3-6-10-8-5-9-11(13(10)18)12(7-4-2)14(15,16)17/h5,7-9,18H,3-4,6H2,1-2H3/b12-7-. The topological polar surface area (TPSA) is 20.2 Å². The molecule has 0 bridgehead atoms. The van der Waals surface area contributed by atoms with Crippen molar-refractivity contribution in [1.29, 1.82) is 0 Å². The molecule has 0 aliphatic carbocycles. The van der Waals surface area contributed by atoms with Gasteiger partial charge in [0.2, 0.25) is 0 Å². The number of para-hydroxylation sites is 1. The van der Waals surface area contributed by atoms with E-state index in [1.165, 1.54) is 6.07 Å². The molecular formula is C14H17F3O. The Balaban J connectivity index is 3.30. The van der Waals surface area contributed by atoms with Crippen LogP contribution < -0.4 is 0 Å². The highest BCUT2D eigenvalue weighted by Crippen LogP contribution is 2.39. The van der Waals surface area contributed by atoms with Crippen molar-refractivity contribution in [1.82, 2.24) is 0 Å². The van der Waals surface area contributed by atoms with E-state index >= 15 is 0 Å². The number of aromatic hydroxyl groups is 1. The van der Waals surface area contributed by atoms with E-state index < -0.39 is 11.7 Å². The van der Waals surface area contributed by atoms with Crippen LogP contribution in [0.2, 0.25) is 0 Å². The third-order valence-corrected chi connectivity index (χ3v) is 2.64. The van der Waals surface area contributed by atoms with E-state index in [0.717, 1.165) is 12.5 Å². The molecule has 0 unspecified atom stereocenters. The fraction of sp³-hybridized carbons (Fsp3) is 0.429. The molecule has 1 rings (SSSR count). The molecule has 0 aromatic heterocycles. The maximum Gasteiger partial charge on any atom is 0.416 e. The number of allylic oxidation sites excluding steroid dienone is 2. The number of hydrogen-bond acceptors (Lipinski definition) is 1. The Morgan fingerprint density at radius 2 is 1.94 bits per heavy atom. The molecule has 0 saturated carbocycles. The number of phenolic OH excluding ortho intramolecular Hbond substituents is 1. The van der Waals surface area contributed by atoms with Crippen LogP contribution in [0.4, 0.5) is 13.2 Å². The fourth-order valence-electron chi connectivity index (χ4n) is 1.86. The van der Waals surface area contributed by atoms with Crippen LogP contribution in [0.25, 0.3) is 5.57 Å². The maximum absolute atomic E-state index is 12.9. The lowest BCUT2D eigenvalue weighted by molar-refractivity contribution is -0.0691. The van der Waals surface area contributed by atoms with Gasteiger partial charge in [-0.15, -0.1) is 0 Å². The first-order valence-corrected chi connectivity index (χ1v) is 6.00. The lowest BCUT2D eigenvalue weighted by atomic mass is 9.98. The predicted octanol–water partition coefficient (Wildman–Crippen LogP) is 4.70. The largest absolute Gasteiger partial charge is 0.507 e. The fourth-order valence-corrected chi connectivity index (χ4v) is 1.86. The summed E-state index contributed by atoms with van der Waals surface area (Å²) in [7, 11) is 0. The summed E-state index contributed by atoms with van der Waals surface area (Å²) in [6, 6.07) is 4.51. The van der Waals surface area contributed by atoms with E-state index in [1.807, 2.05) is 6.92 Å². The molecule has 1 nitrogen and oxygen atoms in total. The molecule has 0 radical (unpaired) electrons. The molecular weight excluding hydrogens is 241 g/mol. The Bertz CT molecular complexity index is 433. The van der Waals surface area contributed by atoms with Crippen molar-refractivity contribution < 1.29 is 18.3 Å². The molecule has 1 N–H and O–H groups in total. The van der Waals surface area contributed by atoms with E-state index in [1.54, 1.807) is 19.1 Å². The quantitative estimate of drug-likeness (QED) is 0.829. The van der Waals surface area contributed by atoms with Crippen molar-refractivity contribution in [2.24, 2.45) is 0 Å². The normalized spacial score (nSPS) is 12.8. The van der Waals surface area contributed by atoms with Gasteiger partial charge in [-0.1, -0.05) is 44.5 Å². The molecule has 0 saturated heterocycles. The zero-order valence-corrected chi connectivity index (χ0v) is 10.5. The molecule has 1 aromatic rings. The zero-order chi connectivity index (χ0) is 13.8. The van der Waals surface area contributed by atoms with E-state index in [4.69, 9.17) is 0 Å². The first kappa shape index (κ1) is 14.6. The van der Waals surface area contributed by atoms with Gasteiger partial charge in [-0.25, -0.2) is 0 Å². The van der Waals surface area contributed by atoms with E-state index in [-0.39, 0.29) is 17.7 Å². The first-order chi connectivity index (χ1) is 8.41. The molecule has 100 valence electrons. The Kier molecular flexibility index (Phi) is 4.82. The SMILES string of the molecule is CC/C=C(/c1cccc(CCC)c1O)C(F)(F)F. The van der Waals surface area contributed by atoms with Gasteiger partial charge in [0.15, 0.2) is 0 Å². The molecule has 18 heavy (non-hydrogen) atoms. The summed E-state index contributed by atoms with van der Waals surface area (Å²) in [6.45, 7) is 3.55. The number of hydrogen-bond donors (Lipinski definition) is 1. The maximum atomic E-state index is 12.9. The summed E-state index contributed by atoms with van der Waals surface area (Å²) < 4.78 is 38.7. The van der Waals surface area contributed by atoms with Crippen molar-refractivity contribution in [2.75, 3.05) is 0 Å². The van der Waals surface area contributed by atoms with Crippen LogP contribution in [0, 0.1) is 0 Å². The van der Waals surface area contributed by atoms with Crippen LogP contribution in [0.3, 0.4) is 0 Å². The Labute approximate surface area is 105 Å². The monoisotopic (exact) mass is 258 g/mol. The Morgan fingerprint density at radius 3 is 2.44 bits per heavy atom. The van der Waals surface area contributed by atoms with Crippen molar-refractivity contribution >= 4 is 5.57 Å². The van der Waals surface area contributed by atoms with Gasteiger partial charge in [0, 0.05) is 5.56 Å².